The van der Waals surface area contributed by atoms with Crippen molar-refractivity contribution in [2.75, 3.05) is 19.4 Å². The van der Waals surface area contributed by atoms with Gasteiger partial charge in [-0.2, -0.15) is 4.98 Å². The van der Waals surface area contributed by atoms with Gasteiger partial charge in [0.15, 0.2) is 17.3 Å². The number of imidazole rings is 1. The summed E-state index contributed by atoms with van der Waals surface area (Å²) in [6, 6.07) is 0. The fourth-order valence-electron chi connectivity index (χ4n) is 3.45. The molecule has 0 amide bonds. The van der Waals surface area contributed by atoms with E-state index in [-0.39, 0.29) is 30.1 Å². The number of carbonyl (C=O) groups is 2. The third-order valence-corrected chi connectivity index (χ3v) is 6.33. The molecule has 1 unspecified atom stereocenters. The predicted octanol–water partition coefficient (Wildman–Crippen LogP) is -2.17. The van der Waals surface area contributed by atoms with E-state index >= 15 is 0 Å². The summed E-state index contributed by atoms with van der Waals surface area (Å²) < 4.78 is 44.0. The Morgan fingerprint density at radius 1 is 1.39 bits per heavy atom. The molecule has 1 aliphatic rings. The van der Waals surface area contributed by atoms with Gasteiger partial charge in [0.05, 0.1) is 18.8 Å². The monoisotopic (exact) mass is 488 g/mol. The largest absolute Gasteiger partial charge is 0.463 e. The number of sulfonamides is 1. The smallest absolute Gasteiger partial charge is 0.332 e. The lowest BCUT2D eigenvalue weighted by Gasteiger charge is -2.19. The molecular formula is C17H24N6O9S. The van der Waals surface area contributed by atoms with Crippen LogP contribution in [0.5, 0.6) is 0 Å². The summed E-state index contributed by atoms with van der Waals surface area (Å²) in [6.45, 7) is 1.60. The third-order valence-electron chi connectivity index (χ3n) is 4.90. The van der Waals surface area contributed by atoms with E-state index in [1.807, 2.05) is 4.72 Å². The van der Waals surface area contributed by atoms with Crippen molar-refractivity contribution in [3.05, 3.63) is 16.7 Å². The Labute approximate surface area is 187 Å². The first kappa shape index (κ1) is 24.6. The van der Waals surface area contributed by atoms with Crippen LogP contribution in [0.15, 0.2) is 11.0 Å². The number of fused-ring (bicyclic) bond motifs is 1. The molecule has 0 bridgehead atoms. The van der Waals surface area contributed by atoms with E-state index < -0.39 is 58.1 Å². The van der Waals surface area contributed by atoms with Crippen LogP contribution in [-0.2, 0) is 40.4 Å². The van der Waals surface area contributed by atoms with Crippen molar-refractivity contribution in [2.24, 2.45) is 0 Å². The average Bonchev–Trinajstić information content (AvgIpc) is 3.23. The molecule has 1 saturated heterocycles. The van der Waals surface area contributed by atoms with Crippen LogP contribution in [0.1, 0.15) is 26.5 Å². The molecule has 0 radical (unpaired) electrons. The van der Waals surface area contributed by atoms with Crippen molar-refractivity contribution in [3.8, 4) is 0 Å². The van der Waals surface area contributed by atoms with Crippen molar-refractivity contribution in [1.82, 2.24) is 23.8 Å². The normalized spacial score (nSPS) is 21.8. The van der Waals surface area contributed by atoms with Gasteiger partial charge in [0.2, 0.25) is 16.0 Å². The summed E-state index contributed by atoms with van der Waals surface area (Å²) in [5, 5.41) is 10.1. The number of rotatable bonds is 8. The summed E-state index contributed by atoms with van der Waals surface area (Å²) >= 11 is 0. The van der Waals surface area contributed by atoms with Crippen molar-refractivity contribution >= 4 is 39.1 Å². The fraction of sp³-hybridized carbons (Fsp3) is 0.588. The van der Waals surface area contributed by atoms with Crippen LogP contribution in [0.2, 0.25) is 0 Å². The van der Waals surface area contributed by atoms with Gasteiger partial charge >= 0.3 is 17.6 Å². The maximum Gasteiger partial charge on any atom is 0.332 e. The molecule has 3 rings (SSSR count). The lowest BCUT2D eigenvalue weighted by atomic mass is 10.2. The van der Waals surface area contributed by atoms with E-state index in [9.17, 15) is 27.9 Å². The molecule has 33 heavy (non-hydrogen) atoms. The van der Waals surface area contributed by atoms with E-state index in [0.29, 0.717) is 0 Å². The quantitative estimate of drug-likeness (QED) is 0.339. The zero-order chi connectivity index (χ0) is 24.5. The van der Waals surface area contributed by atoms with Crippen molar-refractivity contribution in [2.45, 2.75) is 50.7 Å². The molecule has 0 saturated carbocycles. The van der Waals surface area contributed by atoms with Crippen LogP contribution in [0, 0.1) is 0 Å². The fourth-order valence-corrected chi connectivity index (χ4v) is 4.06. The molecule has 0 spiro atoms. The lowest BCUT2D eigenvalue weighted by Crippen LogP contribution is -2.39. The molecule has 4 N–H and O–H groups in total. The molecule has 1 aliphatic heterocycles. The lowest BCUT2D eigenvalue weighted by molar-refractivity contribution is -0.153. The molecule has 4 atom stereocenters. The van der Waals surface area contributed by atoms with E-state index in [4.69, 9.17) is 19.9 Å². The Morgan fingerprint density at radius 3 is 2.70 bits per heavy atom. The molecule has 182 valence electrons. The number of nitrogen functional groups attached to an aromatic ring is 1. The minimum atomic E-state index is -4.13. The maximum absolute atomic E-state index is 13.3. The van der Waals surface area contributed by atoms with Crippen molar-refractivity contribution < 1.29 is 37.3 Å². The second kappa shape index (κ2) is 9.42. The number of aliphatic hydroxyl groups is 1. The Hall–Kier alpha value is -3.08. The summed E-state index contributed by atoms with van der Waals surface area (Å²) in [5.74, 6) is -1.36. The second-order valence-corrected chi connectivity index (χ2v) is 9.28. The van der Waals surface area contributed by atoms with Gasteiger partial charge in [-0.05, 0) is 7.05 Å². The molecule has 0 aliphatic carbocycles. The van der Waals surface area contributed by atoms with Gasteiger partial charge in [-0.15, -0.1) is 0 Å². The Bertz CT molecular complexity index is 1220. The zero-order valence-electron chi connectivity index (χ0n) is 18.0. The molecule has 2 aromatic rings. The summed E-state index contributed by atoms with van der Waals surface area (Å²) in [5.41, 5.74) is 2.93. The standard InChI is InChI=1S/C17H24N6O9S/c1-8(24)30-7-10-4-12(31-9(2)25)15(32-10)23-14-11(5-20-16(18)21-14)22(17(23)27)6-13(26)33(28,29)19-3/h5,10,12-13,15,19,26H,4,6-7H2,1-3H3,(H2,18,20,21)/t10-,12+,13?,15+/m0/s1. The Kier molecular flexibility index (Phi) is 7.01. The van der Waals surface area contributed by atoms with Crippen LogP contribution in [0.25, 0.3) is 11.2 Å². The average molecular weight is 488 g/mol. The Balaban J connectivity index is 2.09. The molecule has 2 aromatic heterocycles. The number of aliphatic hydroxyl groups excluding tert-OH is 1. The van der Waals surface area contributed by atoms with Gasteiger partial charge in [0, 0.05) is 20.3 Å². The number of hydrogen-bond donors (Lipinski definition) is 3. The highest BCUT2D eigenvalue weighted by atomic mass is 32.2. The minimum Gasteiger partial charge on any atom is -0.463 e. The van der Waals surface area contributed by atoms with Crippen LogP contribution in [-0.4, -0.2) is 75.9 Å². The topological polar surface area (TPSA) is 207 Å². The maximum atomic E-state index is 13.3. The van der Waals surface area contributed by atoms with Gasteiger partial charge in [0.1, 0.15) is 18.2 Å². The van der Waals surface area contributed by atoms with Crippen molar-refractivity contribution in [3.63, 3.8) is 0 Å². The van der Waals surface area contributed by atoms with E-state index in [1.54, 1.807) is 0 Å². The zero-order valence-corrected chi connectivity index (χ0v) is 18.8. The number of nitrogens with one attached hydrogen (secondary N) is 1. The van der Waals surface area contributed by atoms with Gasteiger partial charge in [-0.1, -0.05) is 0 Å². The van der Waals surface area contributed by atoms with E-state index in [0.717, 1.165) is 16.2 Å². The highest BCUT2D eigenvalue weighted by molar-refractivity contribution is 7.89. The first-order valence-corrected chi connectivity index (χ1v) is 11.3. The van der Waals surface area contributed by atoms with E-state index in [1.165, 1.54) is 20.0 Å². The Morgan fingerprint density at radius 2 is 2.09 bits per heavy atom. The minimum absolute atomic E-state index is 0.0307. The van der Waals surface area contributed by atoms with Crippen LogP contribution >= 0.6 is 0 Å². The van der Waals surface area contributed by atoms with E-state index in [2.05, 4.69) is 9.97 Å². The second-order valence-electron chi connectivity index (χ2n) is 7.24. The first-order chi connectivity index (χ1) is 15.4. The first-order valence-electron chi connectivity index (χ1n) is 9.74. The number of nitrogens with zero attached hydrogens (tertiary/aromatic N) is 4. The van der Waals surface area contributed by atoms with Gasteiger partial charge < -0.3 is 25.1 Å². The number of ether oxygens (including phenoxy) is 3. The molecule has 1 fully saturated rings. The SMILES string of the molecule is CNS(=O)(=O)C(O)Cn1c(=O)n([C@@H]2O[C@H](COC(C)=O)C[C@H]2OC(C)=O)c2nc(N)ncc21. The number of hydrogen-bond acceptors (Lipinski definition) is 12. The number of carbonyl (C=O) groups excluding carboxylic acids is 2. The highest BCUT2D eigenvalue weighted by Crippen LogP contribution is 2.33. The summed E-state index contributed by atoms with van der Waals surface area (Å²) in [7, 11) is -3.01. The molecule has 3 heterocycles. The summed E-state index contributed by atoms with van der Waals surface area (Å²) in [6.07, 6.45) is -1.56. The van der Waals surface area contributed by atoms with Crippen LogP contribution < -0.4 is 16.1 Å². The number of aromatic nitrogens is 4. The van der Waals surface area contributed by atoms with Gasteiger partial charge in [0.25, 0.3) is 0 Å². The van der Waals surface area contributed by atoms with Gasteiger partial charge in [-0.25, -0.2) is 27.5 Å². The summed E-state index contributed by atoms with van der Waals surface area (Å²) in [4.78, 5) is 44.0. The number of anilines is 1. The van der Waals surface area contributed by atoms with Crippen molar-refractivity contribution in [1.29, 1.82) is 0 Å². The van der Waals surface area contributed by atoms with Crippen LogP contribution in [0.4, 0.5) is 5.95 Å². The van der Waals surface area contributed by atoms with Crippen LogP contribution in [0.3, 0.4) is 0 Å². The molecule has 16 heteroatoms. The predicted molar refractivity (Wildman–Crippen MR) is 111 cm³/mol. The molecule has 15 nitrogen and oxygen atoms in total. The molecular weight excluding hydrogens is 464 g/mol. The third kappa shape index (κ3) is 5.13. The highest BCUT2D eigenvalue weighted by Gasteiger charge is 2.42. The molecule has 0 aromatic carbocycles. The number of esters is 2. The van der Waals surface area contributed by atoms with Gasteiger partial charge in [-0.3, -0.25) is 14.2 Å². The number of nitrogens with two attached hydrogens (primary N) is 1.